The molecule has 24 heavy (non-hydrogen) atoms. The van der Waals surface area contributed by atoms with E-state index in [2.05, 4.69) is 10.9 Å². The molecule has 0 spiro atoms. The fraction of sp³-hybridized carbons (Fsp3) is 0.267. The largest absolute Gasteiger partial charge is 0.472 e. The maximum atomic E-state index is 11.2. The third kappa shape index (κ3) is 5.38. The molecule has 0 saturated heterocycles. The van der Waals surface area contributed by atoms with Crippen LogP contribution in [0.5, 0.6) is 5.88 Å². The quantitative estimate of drug-likeness (QED) is 0.311. The molecule has 0 saturated carbocycles. The molecule has 1 aromatic carbocycles. The fourth-order valence-electron chi connectivity index (χ4n) is 1.91. The number of carbonyl (C=O) groups excluding carboxylic acids is 2. The number of nitrogens with two attached hydrogens (primary N) is 2. The van der Waals surface area contributed by atoms with Crippen molar-refractivity contribution in [3.8, 4) is 5.88 Å². The second-order valence-electron chi connectivity index (χ2n) is 4.87. The summed E-state index contributed by atoms with van der Waals surface area (Å²) < 4.78 is 6.87. The number of benzene rings is 1. The Labute approximate surface area is 140 Å². The van der Waals surface area contributed by atoms with Gasteiger partial charge in [-0.05, 0) is 18.6 Å². The molecular weight excluding hydrogens is 312 g/mol. The van der Waals surface area contributed by atoms with Crippen molar-refractivity contribution >= 4 is 18.0 Å². The third-order valence-electron chi connectivity index (χ3n) is 3.09. The van der Waals surface area contributed by atoms with Crippen LogP contribution in [0.4, 0.5) is 5.69 Å². The minimum absolute atomic E-state index is 0.155. The predicted octanol–water partition coefficient (Wildman–Crippen LogP) is 0.347. The van der Waals surface area contributed by atoms with Crippen LogP contribution in [0.25, 0.3) is 0 Å². The zero-order valence-corrected chi connectivity index (χ0v) is 13.9. The van der Waals surface area contributed by atoms with Gasteiger partial charge in [-0.3, -0.25) is 15.0 Å². The summed E-state index contributed by atoms with van der Waals surface area (Å²) in [5.74, 6) is 10.5. The summed E-state index contributed by atoms with van der Waals surface area (Å²) in [6.07, 6.45) is 1.98. The van der Waals surface area contributed by atoms with Crippen LogP contribution in [-0.2, 0) is 11.4 Å². The fourth-order valence-corrected chi connectivity index (χ4v) is 1.91. The number of aryl methyl sites for hydroxylation is 1. The van der Waals surface area contributed by atoms with E-state index < -0.39 is 0 Å². The van der Waals surface area contributed by atoms with Crippen molar-refractivity contribution < 1.29 is 14.3 Å². The second kappa shape index (κ2) is 9.28. The average molecular weight is 334 g/mol. The van der Waals surface area contributed by atoms with Crippen LogP contribution in [0.1, 0.15) is 22.8 Å². The number of nitrogens with one attached hydrogen (secondary N) is 1. The molecule has 0 aliphatic heterocycles. The molecule has 0 aliphatic carbocycles. The molecule has 2 rings (SSSR count). The van der Waals surface area contributed by atoms with Crippen molar-refractivity contribution in [2.24, 2.45) is 11.7 Å². The second-order valence-corrected chi connectivity index (χ2v) is 4.87. The highest BCUT2D eigenvalue weighted by molar-refractivity contribution is 5.75. The van der Waals surface area contributed by atoms with Crippen molar-refractivity contribution in [2.75, 3.05) is 12.1 Å². The Hall–Kier alpha value is -2.91. The molecule has 0 aliphatic rings. The predicted molar refractivity (Wildman–Crippen MR) is 90.0 cm³/mol. The number of anilines is 1. The summed E-state index contributed by atoms with van der Waals surface area (Å²) in [4.78, 5) is 20.1. The number of rotatable bonds is 5. The molecule has 1 aromatic heterocycles. The molecule has 0 atom stereocenters. The first-order chi connectivity index (χ1) is 11.4. The molecular formula is C15H22N6O3. The van der Waals surface area contributed by atoms with Gasteiger partial charge in [-0.15, -0.1) is 5.10 Å². The van der Waals surface area contributed by atoms with Crippen LogP contribution in [0.2, 0.25) is 0 Å². The van der Waals surface area contributed by atoms with Crippen LogP contribution >= 0.6 is 0 Å². The highest BCUT2D eigenvalue weighted by atomic mass is 16.5. The van der Waals surface area contributed by atoms with E-state index in [0.29, 0.717) is 18.9 Å². The molecule has 5 N–H and O–H groups in total. The van der Waals surface area contributed by atoms with Gasteiger partial charge in [0.2, 0.25) is 18.2 Å². The Balaban J connectivity index is 0.000000648. The summed E-state index contributed by atoms with van der Waals surface area (Å²) in [7, 11) is 1.78. The first kappa shape index (κ1) is 19.1. The summed E-state index contributed by atoms with van der Waals surface area (Å²) in [6, 6.07) is 7.53. The smallest absolute Gasteiger partial charge is 0.243 e. The van der Waals surface area contributed by atoms with Gasteiger partial charge in [0, 0.05) is 31.8 Å². The highest BCUT2D eigenvalue weighted by Crippen LogP contribution is 2.22. The number of carbonyl (C=O) groups is 2. The van der Waals surface area contributed by atoms with E-state index in [-0.39, 0.29) is 5.91 Å². The first-order valence-corrected chi connectivity index (χ1v) is 7.06. The SMILES string of the molecule is CC(=O)n1ccc(OCc2c(C)cccc2N(C)N)n1.NNC=O. The Morgan fingerprint density at radius 1 is 1.46 bits per heavy atom. The molecule has 0 fully saturated rings. The topological polar surface area (TPSA) is 128 Å². The van der Waals surface area contributed by atoms with Gasteiger partial charge in [0.05, 0.1) is 5.69 Å². The van der Waals surface area contributed by atoms with Gasteiger partial charge in [0.15, 0.2) is 0 Å². The molecule has 0 unspecified atom stereocenters. The van der Waals surface area contributed by atoms with Crippen LogP contribution in [0.15, 0.2) is 30.5 Å². The van der Waals surface area contributed by atoms with E-state index in [1.54, 1.807) is 29.7 Å². The van der Waals surface area contributed by atoms with E-state index in [0.717, 1.165) is 16.8 Å². The van der Waals surface area contributed by atoms with Crippen molar-refractivity contribution in [2.45, 2.75) is 20.5 Å². The molecule has 0 radical (unpaired) electrons. The van der Waals surface area contributed by atoms with Gasteiger partial charge in [-0.25, -0.2) is 16.4 Å². The zero-order chi connectivity index (χ0) is 18.1. The molecule has 130 valence electrons. The normalized spacial score (nSPS) is 9.54. The summed E-state index contributed by atoms with van der Waals surface area (Å²) in [5.41, 5.74) is 4.73. The van der Waals surface area contributed by atoms with Crippen molar-refractivity contribution in [1.29, 1.82) is 0 Å². The number of hydrogen-bond donors (Lipinski definition) is 3. The highest BCUT2D eigenvalue weighted by Gasteiger charge is 2.10. The Morgan fingerprint density at radius 2 is 2.12 bits per heavy atom. The van der Waals surface area contributed by atoms with Gasteiger partial charge in [-0.2, -0.15) is 0 Å². The Bertz CT molecular complexity index is 684. The minimum Gasteiger partial charge on any atom is -0.472 e. The van der Waals surface area contributed by atoms with Crippen LogP contribution in [0.3, 0.4) is 0 Å². The monoisotopic (exact) mass is 334 g/mol. The number of nitrogens with zero attached hydrogens (tertiary/aromatic N) is 3. The maximum absolute atomic E-state index is 11.2. The van der Waals surface area contributed by atoms with Gasteiger partial charge in [0.1, 0.15) is 6.61 Å². The van der Waals surface area contributed by atoms with E-state index in [4.69, 9.17) is 15.4 Å². The summed E-state index contributed by atoms with van der Waals surface area (Å²) in [6.45, 7) is 3.79. The molecule has 2 aromatic rings. The molecule has 1 heterocycles. The van der Waals surface area contributed by atoms with Gasteiger partial charge < -0.3 is 9.75 Å². The lowest BCUT2D eigenvalue weighted by Gasteiger charge is -2.18. The molecule has 0 bridgehead atoms. The van der Waals surface area contributed by atoms with Gasteiger partial charge in [0.25, 0.3) is 0 Å². The summed E-state index contributed by atoms with van der Waals surface area (Å²) in [5, 5.41) is 5.58. The van der Waals surface area contributed by atoms with E-state index in [1.165, 1.54) is 11.6 Å². The molecule has 9 heteroatoms. The van der Waals surface area contributed by atoms with Gasteiger partial charge >= 0.3 is 0 Å². The minimum atomic E-state index is -0.155. The van der Waals surface area contributed by atoms with E-state index >= 15 is 0 Å². The van der Waals surface area contributed by atoms with Crippen LogP contribution in [0, 0.1) is 6.92 Å². The zero-order valence-electron chi connectivity index (χ0n) is 13.9. The van der Waals surface area contributed by atoms with Crippen molar-refractivity contribution in [1.82, 2.24) is 15.2 Å². The number of hydrazine groups is 2. The molecule has 1 amide bonds. The average Bonchev–Trinajstić information content (AvgIpc) is 3.03. The number of ether oxygens (including phenoxy) is 1. The molecule has 9 nitrogen and oxygen atoms in total. The third-order valence-corrected chi connectivity index (χ3v) is 3.09. The maximum Gasteiger partial charge on any atom is 0.243 e. The summed E-state index contributed by atoms with van der Waals surface area (Å²) >= 11 is 0. The van der Waals surface area contributed by atoms with E-state index in [9.17, 15) is 4.79 Å². The van der Waals surface area contributed by atoms with Crippen LogP contribution in [-0.4, -0.2) is 29.1 Å². The van der Waals surface area contributed by atoms with E-state index in [1.807, 2.05) is 25.1 Å². The number of aromatic nitrogens is 2. The number of amides is 1. The standard InChI is InChI=1S/C14H18N4O2.CH4N2O/c1-10-5-4-6-13(17(3)15)12(10)9-20-14-7-8-18(16-14)11(2)19;2-3-1-4/h4-8H,9,15H2,1-3H3;1H,2H2,(H,3,4). The lowest BCUT2D eigenvalue weighted by atomic mass is 10.1. The van der Waals surface area contributed by atoms with Crippen LogP contribution < -0.4 is 26.9 Å². The lowest BCUT2D eigenvalue weighted by Crippen LogP contribution is -2.26. The van der Waals surface area contributed by atoms with Crippen molar-refractivity contribution in [3.63, 3.8) is 0 Å². The van der Waals surface area contributed by atoms with Crippen molar-refractivity contribution in [3.05, 3.63) is 41.6 Å². The van der Waals surface area contributed by atoms with Gasteiger partial charge in [-0.1, -0.05) is 12.1 Å². The number of hydrogen-bond acceptors (Lipinski definition) is 7. The Morgan fingerprint density at radius 3 is 2.62 bits per heavy atom. The lowest BCUT2D eigenvalue weighted by molar-refractivity contribution is -0.109. The Kier molecular flexibility index (Phi) is 7.40. The first-order valence-electron chi connectivity index (χ1n) is 7.06.